The largest absolute Gasteiger partial charge is 0.465 e. The molecule has 0 bridgehead atoms. The Kier molecular flexibility index (Phi) is 10.8. The molecule has 8 nitrogen and oxygen atoms in total. The number of ether oxygens (including phenoxy) is 1. The molecule has 47 heavy (non-hydrogen) atoms. The van der Waals surface area contributed by atoms with Gasteiger partial charge in [-0.1, -0.05) is 91.0 Å². The van der Waals surface area contributed by atoms with Gasteiger partial charge in [0.05, 0.1) is 17.7 Å². The Labute approximate surface area is 279 Å². The van der Waals surface area contributed by atoms with Gasteiger partial charge in [0.25, 0.3) is 0 Å². The topological polar surface area (TPSA) is 113 Å². The number of para-hydroxylation sites is 1. The van der Waals surface area contributed by atoms with Crippen LogP contribution >= 0.6 is 11.8 Å². The third-order valence-corrected chi connectivity index (χ3v) is 9.59. The molecule has 1 aliphatic rings. The Morgan fingerprint density at radius 1 is 0.851 bits per heavy atom. The number of hydrogen-bond donors (Lipinski definition) is 4. The fourth-order valence-electron chi connectivity index (χ4n) is 6.14. The second-order valence-corrected chi connectivity index (χ2v) is 12.6. The highest BCUT2D eigenvalue weighted by Crippen LogP contribution is 2.31. The number of pyridine rings is 1. The number of nitrogens with one attached hydrogen (secondary N) is 3. The van der Waals surface area contributed by atoms with Crippen LogP contribution in [-0.4, -0.2) is 59.2 Å². The molecule has 5 aromatic rings. The number of hydrogen-bond acceptors (Lipinski definition) is 6. The highest BCUT2D eigenvalue weighted by atomic mass is 32.2. The summed E-state index contributed by atoms with van der Waals surface area (Å²) in [7, 11) is 0. The number of rotatable bonds is 12. The summed E-state index contributed by atoms with van der Waals surface area (Å²) < 4.78 is 6.51. The molecule has 0 radical (unpaired) electrons. The standard InChI is InChI=1S/C38H38N4O4S/c43-37(36(42-38(44)45)35(27-12-3-1-4-13-27)28-14-5-2-6-15-28)41-32-17-8-7-11-26(32)20-21-29-23-39-24-30(46-29)25-47-34-19-9-18-33-31(34)16-10-22-40-33/h1-19,22,29-30,35-36,39,42H,20-21,23-25H2,(H,41,43)(H,44,45)/t29-,30+,36?/m1/s1. The molecule has 0 aliphatic carbocycles. The van der Waals surface area contributed by atoms with E-state index in [2.05, 4.69) is 33.1 Å². The van der Waals surface area contributed by atoms with Gasteiger partial charge in [0, 0.05) is 46.9 Å². The summed E-state index contributed by atoms with van der Waals surface area (Å²) in [6.45, 7) is 1.55. The van der Waals surface area contributed by atoms with Crippen LogP contribution in [0.4, 0.5) is 10.5 Å². The molecular weight excluding hydrogens is 609 g/mol. The van der Waals surface area contributed by atoms with E-state index in [1.165, 1.54) is 4.90 Å². The summed E-state index contributed by atoms with van der Waals surface area (Å²) in [5.41, 5.74) is 4.30. The monoisotopic (exact) mass is 646 g/mol. The lowest BCUT2D eigenvalue weighted by Gasteiger charge is -2.31. The van der Waals surface area contributed by atoms with Crippen LogP contribution in [0.3, 0.4) is 0 Å². The minimum absolute atomic E-state index is 0.0225. The summed E-state index contributed by atoms with van der Waals surface area (Å²) in [5, 5.41) is 20.0. The van der Waals surface area contributed by atoms with Gasteiger partial charge in [-0.05, 0) is 53.8 Å². The van der Waals surface area contributed by atoms with Gasteiger partial charge in [0.2, 0.25) is 5.91 Å². The lowest BCUT2D eigenvalue weighted by atomic mass is 9.84. The van der Waals surface area contributed by atoms with Crippen molar-refractivity contribution in [3.8, 4) is 0 Å². The number of benzene rings is 4. The minimum Gasteiger partial charge on any atom is -0.465 e. The summed E-state index contributed by atoms with van der Waals surface area (Å²) in [4.78, 5) is 31.6. The van der Waals surface area contributed by atoms with E-state index in [1.54, 1.807) is 11.8 Å². The summed E-state index contributed by atoms with van der Waals surface area (Å²) in [6.07, 6.45) is 2.10. The minimum atomic E-state index is -1.26. The molecule has 2 heterocycles. The fourth-order valence-corrected chi connectivity index (χ4v) is 7.21. The zero-order valence-corrected chi connectivity index (χ0v) is 26.7. The summed E-state index contributed by atoms with van der Waals surface area (Å²) in [6, 6.07) is 35.9. The van der Waals surface area contributed by atoms with E-state index in [9.17, 15) is 14.7 Å². The maximum atomic E-state index is 13.9. The number of amides is 2. The normalized spacial score (nSPS) is 16.9. The van der Waals surface area contributed by atoms with E-state index >= 15 is 0 Å². The van der Waals surface area contributed by atoms with Crippen molar-refractivity contribution in [2.75, 3.05) is 24.2 Å². The summed E-state index contributed by atoms with van der Waals surface area (Å²) in [5.74, 6) is -0.122. The van der Waals surface area contributed by atoms with Crippen molar-refractivity contribution < 1.29 is 19.4 Å². The van der Waals surface area contributed by atoms with E-state index in [0.29, 0.717) is 12.1 Å². The number of morpholine rings is 1. The van der Waals surface area contributed by atoms with E-state index in [4.69, 9.17) is 4.74 Å². The van der Waals surface area contributed by atoms with Crippen LogP contribution < -0.4 is 16.0 Å². The molecule has 4 N–H and O–H groups in total. The maximum absolute atomic E-state index is 13.9. The van der Waals surface area contributed by atoms with Crippen molar-refractivity contribution in [3.05, 3.63) is 138 Å². The average molecular weight is 647 g/mol. The van der Waals surface area contributed by atoms with Crippen LogP contribution in [0.1, 0.15) is 29.0 Å². The molecule has 2 amide bonds. The Morgan fingerprint density at radius 2 is 1.55 bits per heavy atom. The summed E-state index contributed by atoms with van der Waals surface area (Å²) >= 11 is 1.79. The Balaban J connectivity index is 1.12. The number of carboxylic acid groups (broad SMARTS) is 1. The second kappa shape index (κ2) is 15.7. The van der Waals surface area contributed by atoms with E-state index in [0.717, 1.165) is 52.9 Å². The molecule has 1 aliphatic heterocycles. The third kappa shape index (κ3) is 8.37. The second-order valence-electron chi connectivity index (χ2n) is 11.6. The van der Waals surface area contributed by atoms with Crippen LogP contribution in [0.15, 0.2) is 126 Å². The number of anilines is 1. The molecule has 1 unspecified atom stereocenters. The number of thioether (sulfide) groups is 1. The first-order valence-corrected chi connectivity index (χ1v) is 16.8. The van der Waals surface area contributed by atoms with E-state index < -0.39 is 24.0 Å². The van der Waals surface area contributed by atoms with Crippen molar-refractivity contribution >= 4 is 40.4 Å². The first kappa shape index (κ1) is 32.2. The predicted molar refractivity (Wildman–Crippen MR) is 187 cm³/mol. The lowest BCUT2D eigenvalue weighted by Crippen LogP contribution is -2.47. The number of carbonyl (C=O) groups is 2. The van der Waals surface area contributed by atoms with Crippen LogP contribution in [-0.2, 0) is 16.0 Å². The smallest absolute Gasteiger partial charge is 0.405 e. The molecule has 9 heteroatoms. The molecule has 3 atom stereocenters. The van der Waals surface area contributed by atoms with Gasteiger partial charge in [-0.2, -0.15) is 0 Å². The van der Waals surface area contributed by atoms with Gasteiger partial charge in [-0.3, -0.25) is 9.78 Å². The van der Waals surface area contributed by atoms with Crippen molar-refractivity contribution in [1.82, 2.24) is 15.6 Å². The van der Waals surface area contributed by atoms with Gasteiger partial charge in [0.1, 0.15) is 6.04 Å². The van der Waals surface area contributed by atoms with Gasteiger partial charge in [-0.25, -0.2) is 4.79 Å². The molecule has 240 valence electrons. The van der Waals surface area contributed by atoms with E-state index in [-0.39, 0.29) is 12.2 Å². The molecule has 1 saturated heterocycles. The Bertz CT molecular complexity index is 1740. The zero-order chi connectivity index (χ0) is 32.4. The first-order valence-electron chi connectivity index (χ1n) is 15.9. The average Bonchev–Trinajstić information content (AvgIpc) is 3.11. The van der Waals surface area contributed by atoms with Gasteiger partial charge in [0.15, 0.2) is 0 Å². The highest BCUT2D eigenvalue weighted by molar-refractivity contribution is 7.99. The molecule has 0 saturated carbocycles. The molecular formula is C38H38N4O4S. The predicted octanol–water partition coefficient (Wildman–Crippen LogP) is 6.72. The third-order valence-electron chi connectivity index (χ3n) is 8.38. The van der Waals surface area contributed by atoms with Crippen molar-refractivity contribution in [2.24, 2.45) is 0 Å². The van der Waals surface area contributed by atoms with E-state index in [1.807, 2.05) is 109 Å². The quantitative estimate of drug-likeness (QED) is 0.111. The van der Waals surface area contributed by atoms with Crippen LogP contribution in [0.25, 0.3) is 10.9 Å². The maximum Gasteiger partial charge on any atom is 0.405 e. The Hall–Kier alpha value is -4.70. The van der Waals surface area contributed by atoms with Gasteiger partial charge < -0.3 is 25.8 Å². The number of aryl methyl sites for hydroxylation is 1. The molecule has 4 aromatic carbocycles. The van der Waals surface area contributed by atoms with Gasteiger partial charge in [-0.15, -0.1) is 11.8 Å². The fraction of sp³-hybridized carbons (Fsp3) is 0.237. The molecule has 1 aromatic heterocycles. The van der Waals surface area contributed by atoms with Crippen LogP contribution in [0, 0.1) is 0 Å². The van der Waals surface area contributed by atoms with Crippen molar-refractivity contribution in [1.29, 1.82) is 0 Å². The number of aromatic nitrogens is 1. The van der Waals surface area contributed by atoms with Gasteiger partial charge >= 0.3 is 6.09 Å². The molecule has 0 spiro atoms. The first-order chi connectivity index (χ1) is 23.0. The SMILES string of the molecule is O=C(O)NC(C(=O)Nc1ccccc1CC[C@@H]1CNC[C@@H](CSc2cccc3ncccc23)O1)C(c1ccccc1)c1ccccc1. The van der Waals surface area contributed by atoms with Crippen LogP contribution in [0.2, 0.25) is 0 Å². The number of fused-ring (bicyclic) bond motifs is 1. The zero-order valence-electron chi connectivity index (χ0n) is 25.9. The number of carbonyl (C=O) groups excluding carboxylic acids is 1. The van der Waals surface area contributed by atoms with Crippen molar-refractivity contribution in [2.45, 2.75) is 41.9 Å². The number of nitrogens with zero attached hydrogens (tertiary/aromatic N) is 1. The molecule has 1 fully saturated rings. The highest BCUT2D eigenvalue weighted by Gasteiger charge is 2.33. The molecule has 6 rings (SSSR count). The lowest BCUT2D eigenvalue weighted by molar-refractivity contribution is -0.118. The van der Waals surface area contributed by atoms with Crippen molar-refractivity contribution in [3.63, 3.8) is 0 Å². The van der Waals surface area contributed by atoms with Crippen LogP contribution in [0.5, 0.6) is 0 Å². The Morgan fingerprint density at radius 3 is 2.30 bits per heavy atom.